The highest BCUT2D eigenvalue weighted by atomic mass is 19.1. The topological polar surface area (TPSA) is 45.0 Å². The lowest BCUT2D eigenvalue weighted by atomic mass is 10.1. The smallest absolute Gasteiger partial charge is 0.141 e. The van der Waals surface area contributed by atoms with Gasteiger partial charge in [-0.1, -0.05) is 18.2 Å². The Morgan fingerprint density at radius 1 is 1.24 bits per heavy atom. The normalized spacial score (nSPS) is 10.2. The van der Waals surface area contributed by atoms with Crippen LogP contribution in [0.15, 0.2) is 42.5 Å². The van der Waals surface area contributed by atoms with E-state index < -0.39 is 5.82 Å². The lowest BCUT2D eigenvalue weighted by Gasteiger charge is -2.15. The minimum absolute atomic E-state index is 0.0340. The van der Waals surface area contributed by atoms with E-state index >= 15 is 0 Å². The van der Waals surface area contributed by atoms with Crippen molar-refractivity contribution in [2.75, 3.05) is 5.32 Å². The van der Waals surface area contributed by atoms with Crippen LogP contribution < -0.4 is 10.1 Å². The van der Waals surface area contributed by atoms with E-state index in [9.17, 15) is 4.39 Å². The maximum atomic E-state index is 13.3. The molecule has 0 radical (unpaired) electrons. The van der Waals surface area contributed by atoms with Crippen molar-refractivity contribution in [1.82, 2.24) is 0 Å². The molecule has 0 amide bonds. The van der Waals surface area contributed by atoms with Crippen molar-refractivity contribution in [3.63, 3.8) is 0 Å². The predicted molar refractivity (Wildman–Crippen MR) is 80.6 cm³/mol. The van der Waals surface area contributed by atoms with Crippen LogP contribution in [0.25, 0.3) is 0 Å². The van der Waals surface area contributed by atoms with Gasteiger partial charge in [0, 0.05) is 17.8 Å². The summed E-state index contributed by atoms with van der Waals surface area (Å²) in [4.78, 5) is 0. The van der Waals surface area contributed by atoms with E-state index in [-0.39, 0.29) is 11.7 Å². The third-order valence-corrected chi connectivity index (χ3v) is 2.91. The van der Waals surface area contributed by atoms with Crippen molar-refractivity contribution >= 4 is 5.69 Å². The molecule has 0 saturated carbocycles. The fourth-order valence-electron chi connectivity index (χ4n) is 1.94. The number of halogens is 1. The maximum Gasteiger partial charge on any atom is 0.141 e. The van der Waals surface area contributed by atoms with Crippen LogP contribution >= 0.6 is 0 Å². The molecule has 0 atom stereocenters. The van der Waals surface area contributed by atoms with Gasteiger partial charge in [-0.05, 0) is 38.1 Å². The second-order valence-electron chi connectivity index (χ2n) is 4.93. The molecule has 21 heavy (non-hydrogen) atoms. The summed E-state index contributed by atoms with van der Waals surface area (Å²) >= 11 is 0. The molecule has 0 spiro atoms. The molecular formula is C17H17FN2O. The lowest BCUT2D eigenvalue weighted by Crippen LogP contribution is -2.09. The molecule has 3 nitrogen and oxygen atoms in total. The molecular weight excluding hydrogens is 267 g/mol. The zero-order chi connectivity index (χ0) is 15.2. The molecule has 0 bridgehead atoms. The number of anilines is 1. The van der Waals surface area contributed by atoms with E-state index in [1.165, 1.54) is 12.1 Å². The Morgan fingerprint density at radius 3 is 2.71 bits per heavy atom. The summed E-state index contributed by atoms with van der Waals surface area (Å²) in [6, 6.07) is 14.0. The maximum absolute atomic E-state index is 13.3. The highest BCUT2D eigenvalue weighted by molar-refractivity contribution is 5.50. The van der Waals surface area contributed by atoms with Crippen molar-refractivity contribution in [3.05, 3.63) is 59.4 Å². The second kappa shape index (κ2) is 6.76. The van der Waals surface area contributed by atoms with E-state index in [1.54, 1.807) is 6.07 Å². The number of nitrogens with one attached hydrogen (secondary N) is 1. The highest BCUT2D eigenvalue weighted by Gasteiger charge is 2.06. The Morgan fingerprint density at radius 2 is 2.00 bits per heavy atom. The van der Waals surface area contributed by atoms with E-state index in [2.05, 4.69) is 5.32 Å². The number of nitrogens with zero attached hydrogens (tertiary/aromatic N) is 1. The van der Waals surface area contributed by atoms with Crippen LogP contribution in [-0.2, 0) is 6.54 Å². The molecule has 2 aromatic rings. The van der Waals surface area contributed by atoms with Gasteiger partial charge in [-0.3, -0.25) is 0 Å². The molecule has 0 aliphatic carbocycles. The summed E-state index contributed by atoms with van der Waals surface area (Å²) in [6.07, 6.45) is 0.0992. The van der Waals surface area contributed by atoms with Gasteiger partial charge in [-0.15, -0.1) is 0 Å². The number of hydrogen-bond acceptors (Lipinski definition) is 3. The van der Waals surface area contributed by atoms with Crippen LogP contribution in [0, 0.1) is 17.1 Å². The summed E-state index contributed by atoms with van der Waals surface area (Å²) in [5.74, 6) is 0.314. The fraction of sp³-hybridized carbons (Fsp3) is 0.235. The molecule has 2 aromatic carbocycles. The number of benzene rings is 2. The molecule has 2 rings (SSSR count). The first-order chi connectivity index (χ1) is 10.1. The highest BCUT2D eigenvalue weighted by Crippen LogP contribution is 2.21. The summed E-state index contributed by atoms with van der Waals surface area (Å²) in [7, 11) is 0. The Kier molecular flexibility index (Phi) is 4.78. The minimum atomic E-state index is -0.508. The van der Waals surface area contributed by atoms with Gasteiger partial charge in [-0.2, -0.15) is 5.26 Å². The zero-order valence-electron chi connectivity index (χ0n) is 12.1. The van der Waals surface area contributed by atoms with Gasteiger partial charge in [0.25, 0.3) is 0 Å². The monoisotopic (exact) mass is 284 g/mol. The van der Waals surface area contributed by atoms with Gasteiger partial charge in [-0.25, -0.2) is 4.39 Å². The van der Waals surface area contributed by atoms with Crippen LogP contribution in [0.1, 0.15) is 25.0 Å². The predicted octanol–water partition coefficient (Wildman–Crippen LogP) is 4.10. The van der Waals surface area contributed by atoms with Gasteiger partial charge in [0.2, 0.25) is 0 Å². The molecule has 108 valence electrons. The Balaban J connectivity index is 2.12. The first-order valence-corrected chi connectivity index (χ1v) is 6.78. The number of ether oxygens (including phenoxy) is 1. The van der Waals surface area contributed by atoms with Gasteiger partial charge in [0.05, 0.1) is 11.7 Å². The summed E-state index contributed by atoms with van der Waals surface area (Å²) < 4.78 is 19.0. The number of para-hydroxylation sites is 1. The lowest BCUT2D eigenvalue weighted by molar-refractivity contribution is 0.240. The first kappa shape index (κ1) is 14.9. The zero-order valence-corrected chi connectivity index (χ0v) is 12.1. The van der Waals surface area contributed by atoms with Crippen molar-refractivity contribution < 1.29 is 9.13 Å². The third-order valence-electron chi connectivity index (χ3n) is 2.91. The van der Waals surface area contributed by atoms with Crippen LogP contribution in [0.3, 0.4) is 0 Å². The second-order valence-corrected chi connectivity index (χ2v) is 4.93. The van der Waals surface area contributed by atoms with Gasteiger partial charge in [0.15, 0.2) is 0 Å². The van der Waals surface area contributed by atoms with Crippen molar-refractivity contribution in [2.45, 2.75) is 26.5 Å². The Bertz CT molecular complexity index is 662. The first-order valence-electron chi connectivity index (χ1n) is 6.78. The average molecular weight is 284 g/mol. The summed E-state index contributed by atoms with van der Waals surface area (Å²) in [5.41, 5.74) is 1.74. The Hall–Kier alpha value is -2.54. The molecule has 0 aliphatic heterocycles. The number of hydrogen-bond donors (Lipinski definition) is 1. The van der Waals surface area contributed by atoms with Crippen molar-refractivity contribution in [3.8, 4) is 11.8 Å². The van der Waals surface area contributed by atoms with E-state index in [1.807, 2.05) is 44.2 Å². The van der Waals surface area contributed by atoms with Crippen LogP contribution in [0.2, 0.25) is 0 Å². The van der Waals surface area contributed by atoms with Crippen molar-refractivity contribution in [2.24, 2.45) is 0 Å². The van der Waals surface area contributed by atoms with Gasteiger partial charge < -0.3 is 10.1 Å². The van der Waals surface area contributed by atoms with E-state index in [4.69, 9.17) is 10.00 Å². The largest absolute Gasteiger partial charge is 0.491 e. The molecule has 0 unspecified atom stereocenters. The Labute approximate surface area is 124 Å². The van der Waals surface area contributed by atoms with Gasteiger partial charge in [0.1, 0.15) is 17.6 Å². The third kappa shape index (κ3) is 3.96. The molecule has 0 fully saturated rings. The van der Waals surface area contributed by atoms with Gasteiger partial charge >= 0.3 is 0 Å². The molecule has 0 aliphatic rings. The standard InChI is InChI=1S/C17H17FN2O/c1-12(2)21-17-6-4-3-5-13(17)11-20-15-7-8-16(18)14(9-15)10-19/h3-9,12,20H,11H2,1-2H3. The summed E-state index contributed by atoms with van der Waals surface area (Å²) in [5, 5.41) is 12.0. The van der Waals surface area contributed by atoms with Crippen LogP contribution in [-0.4, -0.2) is 6.10 Å². The van der Waals surface area contributed by atoms with Crippen molar-refractivity contribution in [1.29, 1.82) is 5.26 Å². The van der Waals surface area contributed by atoms with E-state index in [0.717, 1.165) is 11.3 Å². The average Bonchev–Trinajstić information content (AvgIpc) is 2.47. The van der Waals surface area contributed by atoms with Crippen LogP contribution in [0.4, 0.5) is 10.1 Å². The summed E-state index contributed by atoms with van der Waals surface area (Å²) in [6.45, 7) is 4.49. The van der Waals surface area contributed by atoms with E-state index in [0.29, 0.717) is 12.2 Å². The molecule has 4 heteroatoms. The SMILES string of the molecule is CC(C)Oc1ccccc1CNc1ccc(F)c(C#N)c1. The van der Waals surface area contributed by atoms with Crippen LogP contribution in [0.5, 0.6) is 5.75 Å². The minimum Gasteiger partial charge on any atom is -0.491 e. The molecule has 1 N–H and O–H groups in total. The molecule has 0 aromatic heterocycles. The number of nitriles is 1. The fourth-order valence-corrected chi connectivity index (χ4v) is 1.94. The molecule has 0 heterocycles. The number of rotatable bonds is 5. The molecule has 0 saturated heterocycles. The quantitative estimate of drug-likeness (QED) is 0.899.